The van der Waals surface area contributed by atoms with E-state index in [4.69, 9.17) is 9.47 Å². The largest absolute Gasteiger partial charge is 0.480 e. The summed E-state index contributed by atoms with van der Waals surface area (Å²) in [6, 6.07) is 4.78. The van der Waals surface area contributed by atoms with Crippen molar-refractivity contribution in [3.8, 4) is 5.88 Å². The van der Waals surface area contributed by atoms with Gasteiger partial charge < -0.3 is 25.2 Å². The van der Waals surface area contributed by atoms with Crippen molar-refractivity contribution in [3.63, 3.8) is 0 Å². The molecule has 2 atom stereocenters. The van der Waals surface area contributed by atoms with Crippen molar-refractivity contribution in [3.05, 3.63) is 36.2 Å². The van der Waals surface area contributed by atoms with Gasteiger partial charge >= 0.3 is 6.09 Å². The zero-order chi connectivity index (χ0) is 26.0. The van der Waals surface area contributed by atoms with Crippen molar-refractivity contribution in [1.82, 2.24) is 24.9 Å². The maximum atomic E-state index is 13.1. The molecule has 0 spiro atoms. The Balaban J connectivity index is 1.76. The lowest BCUT2D eigenvalue weighted by atomic mass is 10.2. The lowest BCUT2D eigenvalue weighted by Gasteiger charge is -2.25. The van der Waals surface area contributed by atoms with E-state index in [0.29, 0.717) is 36.0 Å². The van der Waals surface area contributed by atoms with Gasteiger partial charge in [0.05, 0.1) is 25.5 Å². The second-order valence-electron chi connectivity index (χ2n) is 9.60. The van der Waals surface area contributed by atoms with E-state index in [1.807, 2.05) is 0 Å². The van der Waals surface area contributed by atoms with Crippen molar-refractivity contribution >= 4 is 35.0 Å². The molecule has 3 aromatic heterocycles. The number of pyridine rings is 1. The van der Waals surface area contributed by atoms with Crippen LogP contribution in [-0.4, -0.2) is 68.6 Å². The third kappa shape index (κ3) is 5.33. The monoisotopic (exact) mass is 497 g/mol. The van der Waals surface area contributed by atoms with E-state index >= 15 is 0 Å². The summed E-state index contributed by atoms with van der Waals surface area (Å²) < 4.78 is 12.2. The second kappa shape index (κ2) is 9.97. The van der Waals surface area contributed by atoms with E-state index in [1.54, 1.807) is 52.2 Å². The van der Waals surface area contributed by atoms with Gasteiger partial charge in [0.15, 0.2) is 5.65 Å². The van der Waals surface area contributed by atoms with Gasteiger partial charge in [0.1, 0.15) is 28.5 Å². The van der Waals surface area contributed by atoms with Crippen molar-refractivity contribution in [2.24, 2.45) is 0 Å². The maximum absolute atomic E-state index is 13.1. The number of nitrogens with one attached hydrogen (secondary N) is 2. The molecule has 3 N–H and O–H groups in total. The summed E-state index contributed by atoms with van der Waals surface area (Å²) in [7, 11) is 3.05. The van der Waals surface area contributed by atoms with Crippen LogP contribution in [0, 0.1) is 0 Å². The first kappa shape index (κ1) is 25.2. The number of aliphatic hydroxyl groups is 1. The van der Waals surface area contributed by atoms with E-state index in [-0.39, 0.29) is 17.3 Å². The molecule has 4 rings (SSSR count). The minimum Gasteiger partial charge on any atom is -0.480 e. The standard InChI is InChI=1S/C24H31N7O5/c1-24(2,3)36-23(34)30(4)19-12-18(27-16-9-7-11-25-22(16)35-5)29-20-14(13-26-31(19)20)21(33)28-15-8-6-10-17(15)32/h7,9,11-13,15,17,32H,6,8,10H2,1-5H3,(H,27,29)(H,28,33)/t15-,17?/m1/s1. The number of fused-ring (bicyclic) bond motifs is 1. The van der Waals surface area contributed by atoms with Crippen LogP contribution in [0.1, 0.15) is 50.4 Å². The second-order valence-corrected chi connectivity index (χ2v) is 9.60. The van der Waals surface area contributed by atoms with Crippen molar-refractivity contribution in [2.75, 3.05) is 24.4 Å². The number of hydrogen-bond acceptors (Lipinski definition) is 9. The Hall–Kier alpha value is -3.93. The first-order valence-corrected chi connectivity index (χ1v) is 11.7. The first-order valence-electron chi connectivity index (χ1n) is 11.7. The number of carbonyl (C=O) groups is 2. The van der Waals surface area contributed by atoms with Crippen LogP contribution in [0.15, 0.2) is 30.6 Å². The van der Waals surface area contributed by atoms with Crippen LogP contribution < -0.4 is 20.3 Å². The molecule has 192 valence electrons. The normalized spacial score (nSPS) is 17.6. The van der Waals surface area contributed by atoms with Gasteiger partial charge in [-0.25, -0.2) is 14.8 Å². The molecule has 1 saturated carbocycles. The predicted octanol–water partition coefficient (Wildman–Crippen LogP) is 2.89. The summed E-state index contributed by atoms with van der Waals surface area (Å²) >= 11 is 0. The summed E-state index contributed by atoms with van der Waals surface area (Å²) in [5.41, 5.74) is 0.258. The van der Waals surface area contributed by atoms with Gasteiger partial charge in [0.2, 0.25) is 5.88 Å². The molecule has 2 amide bonds. The Morgan fingerprint density at radius 1 is 1.28 bits per heavy atom. The van der Waals surface area contributed by atoms with Crippen LogP contribution in [0.3, 0.4) is 0 Å². The topological polar surface area (TPSA) is 143 Å². The van der Waals surface area contributed by atoms with E-state index in [2.05, 4.69) is 25.7 Å². The Morgan fingerprint density at radius 2 is 2.06 bits per heavy atom. The minimum absolute atomic E-state index is 0.203. The lowest BCUT2D eigenvalue weighted by molar-refractivity contribution is 0.0587. The number of aliphatic hydroxyl groups excluding tert-OH is 1. The highest BCUT2D eigenvalue weighted by molar-refractivity contribution is 6.00. The lowest BCUT2D eigenvalue weighted by Crippen LogP contribution is -2.39. The molecule has 0 saturated heterocycles. The molecule has 0 aromatic carbocycles. The molecule has 1 unspecified atom stereocenters. The van der Waals surface area contributed by atoms with E-state index in [9.17, 15) is 14.7 Å². The van der Waals surface area contributed by atoms with Gasteiger partial charge in [-0.2, -0.15) is 9.61 Å². The van der Waals surface area contributed by atoms with Crippen molar-refractivity contribution in [2.45, 2.75) is 57.8 Å². The van der Waals surface area contributed by atoms with Crippen LogP contribution >= 0.6 is 0 Å². The molecule has 0 aliphatic heterocycles. The summed E-state index contributed by atoms with van der Waals surface area (Å²) in [5, 5.41) is 20.5. The van der Waals surface area contributed by atoms with Gasteiger partial charge in [-0.1, -0.05) is 0 Å². The highest BCUT2D eigenvalue weighted by Gasteiger charge is 2.29. The smallest absolute Gasteiger partial charge is 0.415 e. The highest BCUT2D eigenvalue weighted by Crippen LogP contribution is 2.28. The van der Waals surface area contributed by atoms with Gasteiger partial charge in [-0.05, 0) is 52.2 Å². The number of hydrogen-bond donors (Lipinski definition) is 3. The SMILES string of the molecule is COc1ncccc1Nc1cc(N(C)C(=O)OC(C)(C)C)n2ncc(C(=O)N[C@@H]3CCCC3O)c2n1. The molecule has 36 heavy (non-hydrogen) atoms. The Labute approximate surface area is 208 Å². The van der Waals surface area contributed by atoms with E-state index in [0.717, 1.165) is 6.42 Å². The number of nitrogens with zero attached hydrogens (tertiary/aromatic N) is 5. The molecule has 3 heterocycles. The summed E-state index contributed by atoms with van der Waals surface area (Å²) in [6.07, 6.45) is 3.97. The van der Waals surface area contributed by atoms with Crippen molar-refractivity contribution < 1.29 is 24.2 Å². The summed E-state index contributed by atoms with van der Waals surface area (Å²) in [5.74, 6) is 0.586. The number of carbonyl (C=O) groups excluding carboxylic acids is 2. The average molecular weight is 498 g/mol. The zero-order valence-corrected chi connectivity index (χ0v) is 21.0. The van der Waals surface area contributed by atoms with Crippen LogP contribution in [-0.2, 0) is 4.74 Å². The maximum Gasteiger partial charge on any atom is 0.415 e. The summed E-state index contributed by atoms with van der Waals surface area (Å²) in [6.45, 7) is 5.32. The number of aromatic nitrogens is 4. The fourth-order valence-corrected chi connectivity index (χ4v) is 3.98. The van der Waals surface area contributed by atoms with Gasteiger partial charge in [0.25, 0.3) is 5.91 Å². The molecule has 1 aliphatic rings. The highest BCUT2D eigenvalue weighted by atomic mass is 16.6. The Bertz CT molecular complexity index is 1270. The number of amides is 2. The van der Waals surface area contributed by atoms with Gasteiger partial charge in [-0.15, -0.1) is 0 Å². The average Bonchev–Trinajstić information content (AvgIpc) is 3.43. The molecule has 0 radical (unpaired) electrons. The molecular weight excluding hydrogens is 466 g/mol. The quantitative estimate of drug-likeness (QED) is 0.468. The molecule has 12 nitrogen and oxygen atoms in total. The fraction of sp³-hybridized carbons (Fsp3) is 0.458. The zero-order valence-electron chi connectivity index (χ0n) is 21.0. The summed E-state index contributed by atoms with van der Waals surface area (Å²) in [4.78, 5) is 36.1. The minimum atomic E-state index is -0.709. The number of rotatable bonds is 6. The molecule has 1 aliphatic carbocycles. The molecule has 3 aromatic rings. The Kier molecular flexibility index (Phi) is 6.97. The van der Waals surface area contributed by atoms with E-state index < -0.39 is 23.7 Å². The molecule has 12 heteroatoms. The van der Waals surface area contributed by atoms with Crippen LogP contribution in [0.2, 0.25) is 0 Å². The van der Waals surface area contributed by atoms with Crippen LogP contribution in [0.25, 0.3) is 5.65 Å². The molecular formula is C24H31N7O5. The Morgan fingerprint density at radius 3 is 2.72 bits per heavy atom. The van der Waals surface area contributed by atoms with E-state index in [1.165, 1.54) is 22.7 Å². The third-order valence-corrected chi connectivity index (χ3v) is 5.73. The fourth-order valence-electron chi connectivity index (χ4n) is 3.98. The van der Waals surface area contributed by atoms with Crippen LogP contribution in [0.4, 0.5) is 22.1 Å². The molecule has 1 fully saturated rings. The van der Waals surface area contributed by atoms with Gasteiger partial charge in [-0.3, -0.25) is 9.69 Å². The number of anilines is 3. The van der Waals surface area contributed by atoms with Crippen LogP contribution in [0.5, 0.6) is 5.88 Å². The molecule has 0 bridgehead atoms. The number of methoxy groups -OCH3 is 1. The van der Waals surface area contributed by atoms with Crippen molar-refractivity contribution in [1.29, 1.82) is 0 Å². The number of ether oxygens (including phenoxy) is 2. The predicted molar refractivity (Wildman–Crippen MR) is 133 cm³/mol. The third-order valence-electron chi connectivity index (χ3n) is 5.73. The van der Waals surface area contributed by atoms with Gasteiger partial charge in [0, 0.05) is 19.3 Å². The first-order chi connectivity index (χ1) is 17.1.